The van der Waals surface area contributed by atoms with Gasteiger partial charge in [0.2, 0.25) is 0 Å². The summed E-state index contributed by atoms with van der Waals surface area (Å²) in [5.41, 5.74) is -5.60. The van der Waals surface area contributed by atoms with Crippen LogP contribution in [-0.4, -0.2) is 24.9 Å². The Hall–Kier alpha value is -2.01. The van der Waals surface area contributed by atoms with Gasteiger partial charge in [-0.2, -0.15) is 18.4 Å². The molecule has 0 spiro atoms. The molecule has 1 aromatic carbocycles. The number of aldehydes is 1. The number of benzene rings is 1. The van der Waals surface area contributed by atoms with Crippen molar-refractivity contribution in [1.29, 1.82) is 5.26 Å². The number of halogens is 3. The minimum absolute atomic E-state index is 0.154. The fourth-order valence-corrected chi connectivity index (χ4v) is 1.96. The van der Waals surface area contributed by atoms with Gasteiger partial charge in [-0.05, 0) is 23.9 Å². The van der Waals surface area contributed by atoms with E-state index in [1.807, 2.05) is 0 Å². The predicted octanol–water partition coefficient (Wildman–Crippen LogP) is 2.77. The van der Waals surface area contributed by atoms with Crippen molar-refractivity contribution in [2.75, 3.05) is 7.11 Å². The second-order valence-corrected chi connectivity index (χ2v) is 4.29. The molecule has 0 amide bonds. The number of alkyl halides is 3. The van der Waals surface area contributed by atoms with E-state index in [0.717, 1.165) is 19.2 Å². The number of methoxy groups -OCH3 is 1. The van der Waals surface area contributed by atoms with E-state index in [0.29, 0.717) is 0 Å². The molecule has 0 atom stereocenters. The lowest BCUT2D eigenvalue weighted by Gasteiger charge is -2.11. The van der Waals surface area contributed by atoms with Crippen LogP contribution in [0.1, 0.15) is 26.3 Å². The zero-order valence-corrected chi connectivity index (χ0v) is 10.3. The van der Waals surface area contributed by atoms with E-state index in [1.54, 1.807) is 0 Å². The van der Waals surface area contributed by atoms with Crippen molar-refractivity contribution in [3.05, 3.63) is 28.8 Å². The Labute approximate surface area is 110 Å². The van der Waals surface area contributed by atoms with Crippen LogP contribution >= 0.6 is 11.8 Å². The molecule has 0 unspecified atom stereocenters. The van der Waals surface area contributed by atoms with Gasteiger partial charge >= 0.3 is 11.5 Å². The number of carbonyl (C=O) groups excluding carboxylic acids is 2. The molecule has 0 aliphatic carbocycles. The highest BCUT2D eigenvalue weighted by molar-refractivity contribution is 8.00. The number of ether oxygens (including phenoxy) is 1. The summed E-state index contributed by atoms with van der Waals surface area (Å²) in [6.45, 7) is 0. The van der Waals surface area contributed by atoms with Crippen LogP contribution in [0.25, 0.3) is 0 Å². The van der Waals surface area contributed by atoms with Gasteiger partial charge in [0, 0.05) is 10.5 Å². The van der Waals surface area contributed by atoms with Crippen molar-refractivity contribution in [1.82, 2.24) is 0 Å². The Morgan fingerprint density at radius 2 is 2.11 bits per heavy atom. The van der Waals surface area contributed by atoms with Gasteiger partial charge in [-0.25, -0.2) is 4.79 Å². The lowest BCUT2D eigenvalue weighted by atomic mass is 10.1. The highest BCUT2D eigenvalue weighted by atomic mass is 32.2. The molecule has 1 rings (SSSR count). The van der Waals surface area contributed by atoms with E-state index in [2.05, 4.69) is 4.74 Å². The van der Waals surface area contributed by atoms with E-state index in [4.69, 9.17) is 5.26 Å². The van der Waals surface area contributed by atoms with Crippen molar-refractivity contribution in [3.8, 4) is 6.07 Å². The lowest BCUT2D eigenvalue weighted by molar-refractivity contribution is -0.0328. The van der Waals surface area contributed by atoms with Crippen LogP contribution in [0, 0.1) is 11.3 Å². The molecule has 0 N–H and O–H groups in total. The number of thioether (sulfide) groups is 1. The monoisotopic (exact) mass is 289 g/mol. The molecule has 8 heteroatoms. The van der Waals surface area contributed by atoms with Crippen LogP contribution in [0.4, 0.5) is 13.2 Å². The molecule has 0 heterocycles. The van der Waals surface area contributed by atoms with Crippen LogP contribution in [-0.2, 0) is 4.74 Å². The Kier molecular flexibility index (Phi) is 4.56. The van der Waals surface area contributed by atoms with E-state index in [-0.39, 0.29) is 17.4 Å². The molecule has 0 aromatic heterocycles. The van der Waals surface area contributed by atoms with E-state index in [9.17, 15) is 22.8 Å². The van der Waals surface area contributed by atoms with Crippen molar-refractivity contribution in [2.45, 2.75) is 10.4 Å². The van der Waals surface area contributed by atoms with E-state index < -0.39 is 33.7 Å². The summed E-state index contributed by atoms with van der Waals surface area (Å²) in [4.78, 5) is 21.5. The van der Waals surface area contributed by atoms with Gasteiger partial charge in [-0.1, -0.05) is 0 Å². The zero-order valence-electron chi connectivity index (χ0n) is 9.45. The first-order valence-electron chi connectivity index (χ1n) is 4.69. The van der Waals surface area contributed by atoms with Crippen molar-refractivity contribution in [3.63, 3.8) is 0 Å². The molecule has 100 valence electrons. The Morgan fingerprint density at radius 1 is 1.47 bits per heavy atom. The van der Waals surface area contributed by atoms with Gasteiger partial charge in [0.1, 0.15) is 6.07 Å². The SMILES string of the molecule is COC(=O)c1cc(C#N)c(SC(F)(F)F)c(C=O)c1. The van der Waals surface area contributed by atoms with Crippen LogP contribution in [0.15, 0.2) is 17.0 Å². The summed E-state index contributed by atoms with van der Waals surface area (Å²) < 4.78 is 41.4. The third kappa shape index (κ3) is 3.72. The van der Waals surface area contributed by atoms with Gasteiger partial charge in [-0.15, -0.1) is 0 Å². The highest BCUT2D eigenvalue weighted by Gasteiger charge is 2.32. The normalized spacial score (nSPS) is 10.7. The second-order valence-electron chi connectivity index (χ2n) is 3.21. The molecule has 0 radical (unpaired) electrons. The number of rotatable bonds is 3. The minimum Gasteiger partial charge on any atom is -0.465 e. The summed E-state index contributed by atoms with van der Waals surface area (Å²) in [7, 11) is 1.08. The fourth-order valence-electron chi connectivity index (χ4n) is 1.29. The lowest BCUT2D eigenvalue weighted by Crippen LogP contribution is -2.07. The standard InChI is InChI=1S/C11H6F3NO3S/c1-18-10(17)6-2-7(4-15)9(8(3-6)5-16)19-11(12,13)14/h2-3,5H,1H3. The van der Waals surface area contributed by atoms with Gasteiger partial charge in [0.05, 0.1) is 18.2 Å². The van der Waals surface area contributed by atoms with Crippen molar-refractivity contribution >= 4 is 24.0 Å². The molecule has 0 saturated carbocycles. The maximum atomic E-state index is 12.3. The number of esters is 1. The largest absolute Gasteiger partial charge is 0.465 e. The Morgan fingerprint density at radius 3 is 2.53 bits per heavy atom. The molecule has 19 heavy (non-hydrogen) atoms. The maximum absolute atomic E-state index is 12.3. The Bertz CT molecular complexity index is 564. The van der Waals surface area contributed by atoms with Crippen LogP contribution in [0.3, 0.4) is 0 Å². The predicted molar refractivity (Wildman–Crippen MR) is 59.8 cm³/mol. The minimum atomic E-state index is -4.64. The quantitative estimate of drug-likeness (QED) is 0.486. The van der Waals surface area contributed by atoms with Crippen LogP contribution in [0.2, 0.25) is 0 Å². The molecule has 4 nitrogen and oxygen atoms in total. The van der Waals surface area contributed by atoms with Crippen LogP contribution in [0.5, 0.6) is 0 Å². The average Bonchev–Trinajstić information content (AvgIpc) is 2.36. The topological polar surface area (TPSA) is 67.2 Å². The third-order valence-electron chi connectivity index (χ3n) is 2.00. The second kappa shape index (κ2) is 5.75. The summed E-state index contributed by atoms with van der Waals surface area (Å²) >= 11 is -0.575. The average molecular weight is 289 g/mol. The number of nitrogens with zero attached hydrogens (tertiary/aromatic N) is 1. The first kappa shape index (κ1) is 15.0. The smallest absolute Gasteiger partial charge is 0.446 e. The zero-order chi connectivity index (χ0) is 14.6. The summed E-state index contributed by atoms with van der Waals surface area (Å²) in [6, 6.07) is 3.43. The van der Waals surface area contributed by atoms with E-state index in [1.165, 1.54) is 6.07 Å². The molecule has 1 aromatic rings. The molecule has 0 aliphatic heterocycles. The first-order valence-corrected chi connectivity index (χ1v) is 5.51. The fraction of sp³-hybridized carbons (Fsp3) is 0.182. The van der Waals surface area contributed by atoms with Gasteiger partial charge in [0.15, 0.2) is 6.29 Å². The molecule has 0 fully saturated rings. The molecular formula is C11H6F3NO3S. The van der Waals surface area contributed by atoms with Gasteiger partial charge in [-0.3, -0.25) is 4.79 Å². The Balaban J connectivity index is 3.43. The molecule has 0 aliphatic rings. The number of hydrogen-bond acceptors (Lipinski definition) is 5. The van der Waals surface area contributed by atoms with Gasteiger partial charge in [0.25, 0.3) is 0 Å². The van der Waals surface area contributed by atoms with Gasteiger partial charge < -0.3 is 4.74 Å². The highest BCUT2D eigenvalue weighted by Crippen LogP contribution is 2.40. The van der Waals surface area contributed by atoms with Crippen molar-refractivity contribution < 1.29 is 27.5 Å². The number of hydrogen-bond donors (Lipinski definition) is 0. The maximum Gasteiger partial charge on any atom is 0.446 e. The first-order chi connectivity index (χ1) is 8.82. The number of carbonyl (C=O) groups is 2. The summed E-state index contributed by atoms with van der Waals surface area (Å²) in [5, 5.41) is 8.82. The van der Waals surface area contributed by atoms with E-state index >= 15 is 0 Å². The summed E-state index contributed by atoms with van der Waals surface area (Å²) in [5.74, 6) is -0.844. The molecular weight excluding hydrogens is 283 g/mol. The summed E-state index contributed by atoms with van der Waals surface area (Å²) in [6.07, 6.45) is 0.154. The van der Waals surface area contributed by atoms with Crippen LogP contribution < -0.4 is 0 Å². The third-order valence-corrected chi connectivity index (χ3v) is 2.90. The number of nitriles is 1. The van der Waals surface area contributed by atoms with Crippen molar-refractivity contribution in [2.24, 2.45) is 0 Å². The molecule has 0 bridgehead atoms. The molecule has 0 saturated heterocycles.